The van der Waals surface area contributed by atoms with E-state index in [1.165, 1.54) is 33.3 Å². The van der Waals surface area contributed by atoms with Crippen molar-refractivity contribution in [1.29, 1.82) is 0 Å². The lowest BCUT2D eigenvalue weighted by molar-refractivity contribution is -0.317. The Labute approximate surface area is 384 Å². The van der Waals surface area contributed by atoms with E-state index in [2.05, 4.69) is 61.5 Å². The van der Waals surface area contributed by atoms with Crippen LogP contribution in [0.3, 0.4) is 0 Å². The molecule has 19 atom stereocenters. The second kappa shape index (κ2) is 19.6. The first-order chi connectivity index (χ1) is 30.3. The highest BCUT2D eigenvalue weighted by molar-refractivity contribution is 5.68. The van der Waals surface area contributed by atoms with E-state index >= 15 is 0 Å². The highest BCUT2D eigenvalue weighted by Gasteiger charge is 2.72. The molecule has 0 amide bonds. The topological polar surface area (TPSA) is 223 Å². The fraction of sp³-hybridized carbons (Fsp3) is 0.837. The molecule has 368 valence electrons. The molecule has 5 fully saturated rings. The Morgan fingerprint density at radius 1 is 0.769 bits per heavy atom. The highest BCUT2D eigenvalue weighted by atomic mass is 16.7. The van der Waals surface area contributed by atoms with Crippen molar-refractivity contribution in [3.8, 4) is 0 Å². The maximum Gasteiger partial charge on any atom is 0.303 e. The molecule has 2 aliphatic heterocycles. The number of aliphatic hydroxyl groups is 4. The van der Waals surface area contributed by atoms with Gasteiger partial charge in [0.15, 0.2) is 30.9 Å². The van der Waals surface area contributed by atoms with Gasteiger partial charge in [-0.3, -0.25) is 19.2 Å². The van der Waals surface area contributed by atoms with Crippen molar-refractivity contribution in [2.45, 2.75) is 202 Å². The molecule has 3 saturated carbocycles. The summed E-state index contributed by atoms with van der Waals surface area (Å²) in [4.78, 5) is 47.8. The Hall–Kier alpha value is -2.96. The van der Waals surface area contributed by atoms with Gasteiger partial charge in [0.2, 0.25) is 0 Å². The third-order valence-corrected chi connectivity index (χ3v) is 16.6. The molecule has 2 heterocycles. The lowest BCUT2D eigenvalue weighted by Gasteiger charge is -2.67. The van der Waals surface area contributed by atoms with Crippen LogP contribution in [-0.2, 0) is 57.1 Å². The summed E-state index contributed by atoms with van der Waals surface area (Å²) in [7, 11) is 0. The zero-order valence-electron chi connectivity index (χ0n) is 40.4. The summed E-state index contributed by atoms with van der Waals surface area (Å²) < 4.78 is 47.1. The molecule has 4 N–H and O–H groups in total. The first kappa shape index (κ1) is 51.4. The molecule has 16 heteroatoms. The van der Waals surface area contributed by atoms with Gasteiger partial charge in [0.05, 0.1) is 24.9 Å². The number of esters is 4. The number of hydrogen-bond donors (Lipinski definition) is 4. The van der Waals surface area contributed by atoms with Crippen LogP contribution in [0.1, 0.15) is 128 Å². The van der Waals surface area contributed by atoms with Gasteiger partial charge in [-0.1, -0.05) is 64.8 Å². The van der Waals surface area contributed by atoms with E-state index in [0.717, 1.165) is 37.7 Å². The van der Waals surface area contributed by atoms with E-state index < -0.39 is 108 Å². The van der Waals surface area contributed by atoms with Gasteiger partial charge in [-0.05, 0) is 92.8 Å². The summed E-state index contributed by atoms with van der Waals surface area (Å²) in [5.74, 6) is -2.55. The monoisotopic (exact) mass is 921 g/mol. The van der Waals surface area contributed by atoms with Gasteiger partial charge in [-0.15, -0.1) is 0 Å². The summed E-state index contributed by atoms with van der Waals surface area (Å²) in [5.41, 5.74) is 0.509. The molecular formula is C49H76O16. The van der Waals surface area contributed by atoms with Crippen LogP contribution in [0, 0.1) is 45.3 Å². The van der Waals surface area contributed by atoms with Gasteiger partial charge in [0.1, 0.15) is 31.0 Å². The van der Waals surface area contributed by atoms with Crippen molar-refractivity contribution in [3.63, 3.8) is 0 Å². The predicted octanol–water partition coefficient (Wildman–Crippen LogP) is 4.85. The van der Waals surface area contributed by atoms with Crippen LogP contribution in [0.25, 0.3) is 0 Å². The number of hydrogen-bond acceptors (Lipinski definition) is 16. The molecule has 6 rings (SSSR count). The molecule has 0 radical (unpaired) electrons. The summed E-state index contributed by atoms with van der Waals surface area (Å²) in [5, 5.41) is 47.0. The number of allylic oxidation sites excluding steroid dienone is 2. The fourth-order valence-corrected chi connectivity index (χ4v) is 13.6. The SMILES string of the molecule is CC(=O)OC[C@H]1O[C@@H](O[C@H]2C[C@@]3(C)[C@@H]4[C@@H](O)C=C5[C@@H](CC[C@H](O[C@@H]6OC[C@@H](OC(C)=O)[C@H](OC(C)=O)[C@H]6O)C5(C)C)[C@]4(C)CC[C@]3(C)[C@H]2[C@H](C)CCC=C(C)C)[C@H](O)[C@@H](O)[C@@H]1OC(C)=O. The van der Waals surface area contributed by atoms with E-state index in [4.69, 9.17) is 37.9 Å². The minimum atomic E-state index is -1.59. The van der Waals surface area contributed by atoms with Crippen LogP contribution in [-0.4, -0.2) is 131 Å². The number of ether oxygens (including phenoxy) is 8. The standard InChI is InChI=1S/C49H76O16/c1-24(2)14-13-15-25(3)37-33(63-45-39(56)38(55)41(61-28(6)52)35(64-45)22-58-26(4)50)21-49(12)43-32(54)20-31-30(47(43,10)18-19-48(37,49)11)16-17-36(46(31,8)9)65-44-40(57)42(62-29(7)53)34(23-59-44)60-27(5)51/h14,20,25,30,32-45,54-57H,13,15-19,21-23H2,1-12H3/t25-,30-,32+,33+,34-,35-,36+,37+,38-,39-,40-,41-,42+,43-,44+,45-,47+,48-,49+/m1/s1. The van der Waals surface area contributed by atoms with E-state index in [1.54, 1.807) is 0 Å². The summed E-state index contributed by atoms with van der Waals surface area (Å²) in [6.07, 6.45) is -3.89. The first-order valence-electron chi connectivity index (χ1n) is 23.6. The van der Waals surface area contributed by atoms with Crippen LogP contribution in [0.4, 0.5) is 0 Å². The number of fused-ring (bicyclic) bond motifs is 5. The van der Waals surface area contributed by atoms with Crippen LogP contribution in [0.5, 0.6) is 0 Å². The molecule has 0 aromatic rings. The molecule has 0 aromatic heterocycles. The van der Waals surface area contributed by atoms with Crippen molar-refractivity contribution < 1.29 is 77.5 Å². The van der Waals surface area contributed by atoms with Crippen LogP contribution in [0.15, 0.2) is 23.3 Å². The largest absolute Gasteiger partial charge is 0.463 e. The minimum absolute atomic E-state index is 0.0509. The van der Waals surface area contributed by atoms with Crippen molar-refractivity contribution >= 4 is 23.9 Å². The van der Waals surface area contributed by atoms with Crippen LogP contribution < -0.4 is 0 Å². The Kier molecular flexibility index (Phi) is 15.5. The van der Waals surface area contributed by atoms with Gasteiger partial charge in [0.25, 0.3) is 0 Å². The molecule has 6 aliphatic rings. The Morgan fingerprint density at radius 3 is 2.03 bits per heavy atom. The molecule has 65 heavy (non-hydrogen) atoms. The first-order valence-corrected chi connectivity index (χ1v) is 23.6. The molecular weight excluding hydrogens is 845 g/mol. The van der Waals surface area contributed by atoms with Crippen molar-refractivity contribution in [3.05, 3.63) is 23.3 Å². The molecule has 0 unspecified atom stereocenters. The van der Waals surface area contributed by atoms with Gasteiger partial charge in [0, 0.05) is 39.0 Å². The fourth-order valence-electron chi connectivity index (χ4n) is 13.6. The number of carbonyl (C=O) groups is 4. The average Bonchev–Trinajstić information content (AvgIpc) is 3.42. The Balaban J connectivity index is 1.30. The summed E-state index contributed by atoms with van der Waals surface area (Å²) in [6.45, 7) is 21.9. The minimum Gasteiger partial charge on any atom is -0.463 e. The third-order valence-electron chi connectivity index (χ3n) is 16.6. The average molecular weight is 921 g/mol. The molecule has 0 spiro atoms. The normalized spacial score (nSPS) is 43.6. The van der Waals surface area contributed by atoms with Gasteiger partial charge < -0.3 is 58.3 Å². The Morgan fingerprint density at radius 2 is 1.42 bits per heavy atom. The van der Waals surface area contributed by atoms with Gasteiger partial charge in [-0.2, -0.15) is 0 Å². The van der Waals surface area contributed by atoms with Gasteiger partial charge >= 0.3 is 23.9 Å². The molecule has 16 nitrogen and oxygen atoms in total. The summed E-state index contributed by atoms with van der Waals surface area (Å²) >= 11 is 0. The van der Waals surface area contributed by atoms with E-state index in [0.29, 0.717) is 12.8 Å². The van der Waals surface area contributed by atoms with Gasteiger partial charge in [-0.25, -0.2) is 0 Å². The molecule has 4 aliphatic carbocycles. The maximum atomic E-state index is 12.7. The van der Waals surface area contributed by atoms with Crippen molar-refractivity contribution in [2.75, 3.05) is 13.2 Å². The van der Waals surface area contributed by atoms with Crippen molar-refractivity contribution in [1.82, 2.24) is 0 Å². The molecule has 0 aromatic carbocycles. The van der Waals surface area contributed by atoms with Crippen LogP contribution in [0.2, 0.25) is 0 Å². The third kappa shape index (κ3) is 9.84. The van der Waals surface area contributed by atoms with E-state index in [1.807, 2.05) is 6.08 Å². The number of carbonyl (C=O) groups excluding carboxylic acids is 4. The van der Waals surface area contributed by atoms with Crippen LogP contribution >= 0.6 is 0 Å². The maximum absolute atomic E-state index is 12.7. The zero-order valence-corrected chi connectivity index (χ0v) is 40.4. The smallest absolute Gasteiger partial charge is 0.303 e. The van der Waals surface area contributed by atoms with E-state index in [9.17, 15) is 39.6 Å². The zero-order chi connectivity index (χ0) is 48.1. The van der Waals surface area contributed by atoms with Crippen molar-refractivity contribution in [2.24, 2.45) is 45.3 Å². The second-order valence-electron chi connectivity index (χ2n) is 21.5. The predicted molar refractivity (Wildman–Crippen MR) is 233 cm³/mol. The Bertz CT molecular complexity index is 1830. The molecule has 0 bridgehead atoms. The lowest BCUT2D eigenvalue weighted by Crippen LogP contribution is -2.63. The van der Waals surface area contributed by atoms with E-state index in [-0.39, 0.29) is 47.7 Å². The second-order valence-corrected chi connectivity index (χ2v) is 21.5. The summed E-state index contributed by atoms with van der Waals surface area (Å²) in [6, 6.07) is 0. The number of aliphatic hydroxyl groups excluding tert-OH is 4. The lowest BCUT2D eigenvalue weighted by atomic mass is 9.38. The molecule has 2 saturated heterocycles. The number of rotatable bonds is 13. The quantitative estimate of drug-likeness (QED) is 0.110. The highest BCUT2D eigenvalue weighted by Crippen LogP contribution is 2.75.